The van der Waals surface area contributed by atoms with Gasteiger partial charge in [0.1, 0.15) is 23.9 Å². The van der Waals surface area contributed by atoms with Crippen molar-refractivity contribution in [2.45, 2.75) is 33.4 Å². The van der Waals surface area contributed by atoms with Gasteiger partial charge in [-0.15, -0.1) is 0 Å². The van der Waals surface area contributed by atoms with E-state index >= 15 is 0 Å². The van der Waals surface area contributed by atoms with Crippen molar-refractivity contribution in [3.8, 4) is 17.5 Å². The van der Waals surface area contributed by atoms with E-state index in [2.05, 4.69) is 31.9 Å². The Bertz CT molecular complexity index is 1720. The summed E-state index contributed by atoms with van der Waals surface area (Å²) < 4.78 is 3.34. The molecule has 3 N–H and O–H groups in total. The van der Waals surface area contributed by atoms with Crippen LogP contribution in [0.1, 0.15) is 29.4 Å². The van der Waals surface area contributed by atoms with E-state index in [4.69, 9.17) is 5.73 Å². The lowest BCUT2D eigenvalue weighted by atomic mass is 10.1. The van der Waals surface area contributed by atoms with Gasteiger partial charge in [0, 0.05) is 6.20 Å². The van der Waals surface area contributed by atoms with Crippen molar-refractivity contribution in [1.29, 1.82) is 0 Å². The second kappa shape index (κ2) is 8.66. The van der Waals surface area contributed by atoms with Crippen LogP contribution in [-0.2, 0) is 6.54 Å². The van der Waals surface area contributed by atoms with E-state index in [1.54, 1.807) is 22.4 Å². The lowest BCUT2D eigenvalue weighted by molar-refractivity contribution is 0.253. The zero-order valence-electron chi connectivity index (χ0n) is 19.5. The van der Waals surface area contributed by atoms with E-state index in [0.717, 1.165) is 16.8 Å². The Hall–Kier alpha value is -4.55. The van der Waals surface area contributed by atoms with Gasteiger partial charge in [-0.2, -0.15) is 5.10 Å². The molecule has 0 aliphatic carbocycles. The smallest absolute Gasteiger partial charge is 0.265 e. The van der Waals surface area contributed by atoms with Gasteiger partial charge in [-0.05, 0) is 56.0 Å². The van der Waals surface area contributed by atoms with Crippen LogP contribution in [0.2, 0.25) is 0 Å². The van der Waals surface area contributed by atoms with Crippen LogP contribution in [0.25, 0.3) is 27.6 Å². The fourth-order valence-electron chi connectivity index (χ4n) is 4.18. The molecule has 0 fully saturated rings. The molecule has 0 bridgehead atoms. The predicted octanol–water partition coefficient (Wildman–Crippen LogP) is 2.51. The molecular formula is C26H23N7O2. The van der Waals surface area contributed by atoms with Crippen molar-refractivity contribution >= 4 is 27.8 Å². The fraction of sp³-hybridized carbons (Fsp3) is 0.192. The summed E-state index contributed by atoms with van der Waals surface area (Å²) in [7, 11) is 0. The normalized spacial score (nSPS) is 12.0. The second-order valence-corrected chi connectivity index (χ2v) is 8.36. The minimum absolute atomic E-state index is 0.155. The SMILES string of the molecule is Cc1ccccc1-n1c(Cn2nc(C#C[C@@H](C)O)c3c(N)ncnc32)cc2nccc(C)c2c1=O. The number of para-hydroxylation sites is 1. The summed E-state index contributed by atoms with van der Waals surface area (Å²) >= 11 is 0. The summed E-state index contributed by atoms with van der Waals surface area (Å²) in [6.45, 7) is 5.64. The van der Waals surface area contributed by atoms with Gasteiger partial charge in [0.2, 0.25) is 0 Å². The lowest BCUT2D eigenvalue weighted by Crippen LogP contribution is -2.25. The van der Waals surface area contributed by atoms with E-state index in [9.17, 15) is 9.90 Å². The number of aryl methyl sites for hydroxylation is 2. The number of pyridine rings is 2. The first-order valence-corrected chi connectivity index (χ1v) is 11.1. The topological polar surface area (TPSA) is 125 Å². The van der Waals surface area contributed by atoms with E-state index in [1.807, 2.05) is 50.2 Å². The minimum Gasteiger partial charge on any atom is -0.383 e. The standard InChI is InChI=1S/C26H23N7O2/c1-15-6-4-5-7-21(15)33-18(12-20-22(26(33)35)16(2)10-11-28-20)13-32-25-23(24(27)29-14-30-25)19(31-32)9-8-17(3)34/h4-7,10-12,14,17,34H,13H2,1-3H3,(H2,27,29,30)/t17-/m1/s1. The molecule has 0 saturated carbocycles. The number of fused-ring (bicyclic) bond motifs is 2. The summed E-state index contributed by atoms with van der Waals surface area (Å²) in [5, 5.41) is 15.3. The van der Waals surface area contributed by atoms with Crippen molar-refractivity contribution in [1.82, 2.24) is 29.3 Å². The quantitative estimate of drug-likeness (QED) is 0.392. The summed E-state index contributed by atoms with van der Waals surface area (Å²) in [6.07, 6.45) is 2.23. The Balaban J connectivity index is 1.79. The average Bonchev–Trinajstić information content (AvgIpc) is 3.17. The Labute approximate surface area is 200 Å². The summed E-state index contributed by atoms with van der Waals surface area (Å²) in [4.78, 5) is 26.7. The van der Waals surface area contributed by atoms with Crippen molar-refractivity contribution < 1.29 is 5.11 Å². The largest absolute Gasteiger partial charge is 0.383 e. The molecule has 4 heterocycles. The number of aromatic nitrogens is 6. The van der Waals surface area contributed by atoms with Gasteiger partial charge in [0.25, 0.3) is 5.56 Å². The molecule has 0 unspecified atom stereocenters. The third-order valence-electron chi connectivity index (χ3n) is 5.82. The van der Waals surface area contributed by atoms with Crippen LogP contribution in [-0.4, -0.2) is 40.5 Å². The molecular weight excluding hydrogens is 442 g/mol. The molecule has 5 rings (SSSR count). The maximum absolute atomic E-state index is 13.8. The van der Waals surface area contributed by atoms with E-state index < -0.39 is 6.10 Å². The highest BCUT2D eigenvalue weighted by molar-refractivity contribution is 5.90. The molecule has 0 saturated heterocycles. The molecule has 5 aromatic rings. The first-order chi connectivity index (χ1) is 16.8. The molecule has 0 radical (unpaired) electrons. The van der Waals surface area contributed by atoms with Gasteiger partial charge in [0.05, 0.1) is 34.2 Å². The molecule has 174 valence electrons. The zero-order chi connectivity index (χ0) is 24.7. The third-order valence-corrected chi connectivity index (χ3v) is 5.82. The Morgan fingerprint density at radius 1 is 1.09 bits per heavy atom. The zero-order valence-corrected chi connectivity index (χ0v) is 19.5. The van der Waals surface area contributed by atoms with Crippen LogP contribution >= 0.6 is 0 Å². The molecule has 1 aromatic carbocycles. The Morgan fingerprint density at radius 2 is 1.89 bits per heavy atom. The molecule has 1 atom stereocenters. The van der Waals surface area contributed by atoms with E-state index in [0.29, 0.717) is 33.3 Å². The van der Waals surface area contributed by atoms with Crippen LogP contribution in [0.15, 0.2) is 53.7 Å². The highest BCUT2D eigenvalue weighted by Gasteiger charge is 2.19. The van der Waals surface area contributed by atoms with Crippen LogP contribution in [0.3, 0.4) is 0 Å². The number of nitrogens with zero attached hydrogens (tertiary/aromatic N) is 6. The highest BCUT2D eigenvalue weighted by atomic mass is 16.3. The van der Waals surface area contributed by atoms with Gasteiger partial charge in [0.15, 0.2) is 5.65 Å². The minimum atomic E-state index is -0.831. The monoisotopic (exact) mass is 465 g/mol. The van der Waals surface area contributed by atoms with E-state index in [-0.39, 0.29) is 17.9 Å². The average molecular weight is 466 g/mol. The first-order valence-electron chi connectivity index (χ1n) is 11.1. The molecule has 0 amide bonds. The Kier molecular flexibility index (Phi) is 5.51. The predicted molar refractivity (Wildman–Crippen MR) is 134 cm³/mol. The number of aliphatic hydroxyl groups is 1. The Morgan fingerprint density at radius 3 is 2.66 bits per heavy atom. The van der Waals surface area contributed by atoms with Gasteiger partial charge in [-0.3, -0.25) is 14.3 Å². The lowest BCUT2D eigenvalue weighted by Gasteiger charge is -2.17. The van der Waals surface area contributed by atoms with Crippen molar-refractivity contribution in [2.24, 2.45) is 0 Å². The van der Waals surface area contributed by atoms with Crippen LogP contribution in [0, 0.1) is 25.7 Å². The second-order valence-electron chi connectivity index (χ2n) is 8.36. The van der Waals surface area contributed by atoms with Gasteiger partial charge < -0.3 is 10.8 Å². The molecule has 0 spiro atoms. The molecule has 4 aromatic heterocycles. The highest BCUT2D eigenvalue weighted by Crippen LogP contribution is 2.24. The fourth-order valence-corrected chi connectivity index (χ4v) is 4.18. The van der Waals surface area contributed by atoms with Crippen LogP contribution in [0.5, 0.6) is 0 Å². The number of anilines is 1. The molecule has 9 heteroatoms. The summed E-state index contributed by atoms with van der Waals surface area (Å²) in [6, 6.07) is 11.4. The molecule has 0 aliphatic rings. The molecule has 0 aliphatic heterocycles. The number of hydrogen-bond acceptors (Lipinski definition) is 7. The number of hydrogen-bond donors (Lipinski definition) is 2. The van der Waals surface area contributed by atoms with Crippen LogP contribution in [0.4, 0.5) is 5.82 Å². The number of nitrogens with two attached hydrogens (primary N) is 1. The number of rotatable bonds is 3. The van der Waals surface area contributed by atoms with Crippen molar-refractivity contribution in [3.05, 3.63) is 81.8 Å². The number of nitrogen functional groups attached to an aromatic ring is 1. The van der Waals surface area contributed by atoms with E-state index in [1.165, 1.54) is 6.33 Å². The van der Waals surface area contributed by atoms with Crippen molar-refractivity contribution in [3.63, 3.8) is 0 Å². The molecule has 35 heavy (non-hydrogen) atoms. The van der Waals surface area contributed by atoms with Gasteiger partial charge in [-0.25, -0.2) is 14.6 Å². The van der Waals surface area contributed by atoms with Gasteiger partial charge >= 0.3 is 0 Å². The number of aliphatic hydroxyl groups excluding tert-OH is 1. The maximum Gasteiger partial charge on any atom is 0.265 e. The maximum atomic E-state index is 13.8. The molecule has 9 nitrogen and oxygen atoms in total. The summed E-state index contributed by atoms with van der Waals surface area (Å²) in [5.74, 6) is 5.80. The summed E-state index contributed by atoms with van der Waals surface area (Å²) in [5.41, 5.74) is 10.7. The first kappa shape index (κ1) is 22.3. The third kappa shape index (κ3) is 3.90. The van der Waals surface area contributed by atoms with Gasteiger partial charge in [-0.1, -0.05) is 24.1 Å². The van der Waals surface area contributed by atoms with Crippen molar-refractivity contribution in [2.75, 3.05) is 5.73 Å². The number of benzene rings is 1. The van der Waals surface area contributed by atoms with Crippen LogP contribution < -0.4 is 11.3 Å².